The van der Waals surface area contributed by atoms with Crippen molar-refractivity contribution in [2.45, 2.75) is 45.3 Å². The molecule has 4 heteroatoms. The lowest BCUT2D eigenvalue weighted by atomic mass is 9.78. The van der Waals surface area contributed by atoms with Gasteiger partial charge >= 0.3 is 0 Å². The van der Waals surface area contributed by atoms with E-state index in [1.807, 2.05) is 6.92 Å². The van der Waals surface area contributed by atoms with Crippen LogP contribution in [0.3, 0.4) is 0 Å². The predicted octanol–water partition coefficient (Wildman–Crippen LogP) is 1.60. The minimum absolute atomic E-state index is 0.0904. The van der Waals surface area contributed by atoms with Crippen molar-refractivity contribution < 1.29 is 4.79 Å². The normalized spacial score (nSPS) is 38.4. The summed E-state index contributed by atoms with van der Waals surface area (Å²) in [6.45, 7) is 8.40. The molecule has 0 spiro atoms. The van der Waals surface area contributed by atoms with E-state index < -0.39 is 5.66 Å². The maximum absolute atomic E-state index is 12.0. The molecule has 16 heavy (non-hydrogen) atoms. The van der Waals surface area contributed by atoms with Crippen molar-refractivity contribution in [3.8, 4) is 0 Å². The van der Waals surface area contributed by atoms with Crippen LogP contribution in [0.4, 0.5) is 0 Å². The second-order valence-corrected chi connectivity index (χ2v) is 6.09. The van der Waals surface area contributed by atoms with Crippen LogP contribution in [0, 0.1) is 5.41 Å². The van der Waals surface area contributed by atoms with Gasteiger partial charge in [0, 0.05) is 19.1 Å². The highest BCUT2D eigenvalue weighted by atomic mass is 35.5. The number of hydrogen-bond acceptors (Lipinski definition) is 3. The first-order valence-electron chi connectivity index (χ1n) is 6.03. The highest BCUT2D eigenvalue weighted by molar-refractivity contribution is 6.28. The van der Waals surface area contributed by atoms with Gasteiger partial charge in [0.2, 0.25) is 0 Å². The first kappa shape index (κ1) is 12.3. The van der Waals surface area contributed by atoms with Crippen molar-refractivity contribution in [1.29, 1.82) is 0 Å². The summed E-state index contributed by atoms with van der Waals surface area (Å²) in [6.07, 6.45) is 2.38. The van der Waals surface area contributed by atoms with Crippen molar-refractivity contribution in [3.05, 3.63) is 0 Å². The number of rotatable bonds is 2. The van der Waals surface area contributed by atoms with Crippen LogP contribution in [0.15, 0.2) is 0 Å². The van der Waals surface area contributed by atoms with Crippen LogP contribution in [0.1, 0.15) is 33.6 Å². The first-order chi connectivity index (χ1) is 7.42. The average Bonchev–Trinajstić information content (AvgIpc) is 2.74. The number of carbonyl (C=O) groups is 1. The summed E-state index contributed by atoms with van der Waals surface area (Å²) in [6, 6.07) is 0.505. The van der Waals surface area contributed by atoms with E-state index in [4.69, 9.17) is 11.6 Å². The lowest BCUT2D eigenvalue weighted by Gasteiger charge is -2.53. The molecule has 1 N–H and O–H groups in total. The number of Topliss-reactive ketones (excluding diaryl/α,β-unsaturated/α-hetero) is 1. The number of carbonyl (C=O) groups excluding carboxylic acids is 1. The molecule has 92 valence electrons. The second-order valence-electron chi connectivity index (χ2n) is 5.82. The van der Waals surface area contributed by atoms with Crippen molar-refractivity contribution in [2.75, 3.05) is 19.0 Å². The molecule has 2 rings (SSSR count). The summed E-state index contributed by atoms with van der Waals surface area (Å²) in [7, 11) is 0. The van der Waals surface area contributed by atoms with E-state index in [2.05, 4.69) is 24.1 Å². The molecule has 0 aliphatic carbocycles. The molecule has 0 bridgehead atoms. The van der Waals surface area contributed by atoms with Crippen molar-refractivity contribution >= 4 is 17.4 Å². The van der Waals surface area contributed by atoms with Gasteiger partial charge in [0.25, 0.3) is 0 Å². The maximum atomic E-state index is 12.0. The Hall–Kier alpha value is -0.120. The monoisotopic (exact) mass is 244 g/mol. The summed E-state index contributed by atoms with van der Waals surface area (Å²) in [5, 5.41) is 3.40. The van der Waals surface area contributed by atoms with Crippen LogP contribution in [-0.2, 0) is 4.79 Å². The van der Waals surface area contributed by atoms with E-state index in [0.29, 0.717) is 6.04 Å². The van der Waals surface area contributed by atoms with Crippen LogP contribution in [-0.4, -0.2) is 41.4 Å². The topological polar surface area (TPSA) is 32.3 Å². The van der Waals surface area contributed by atoms with E-state index in [1.165, 1.54) is 12.8 Å². The zero-order chi connectivity index (χ0) is 12.0. The van der Waals surface area contributed by atoms with Gasteiger partial charge in [-0.05, 0) is 25.2 Å². The molecule has 0 aromatic heterocycles. The number of hydrogen-bond donors (Lipinski definition) is 1. The van der Waals surface area contributed by atoms with Gasteiger partial charge in [0.05, 0.1) is 5.88 Å². The molecule has 2 aliphatic rings. The molecule has 0 saturated carbocycles. The Morgan fingerprint density at radius 1 is 1.50 bits per heavy atom. The third kappa shape index (κ3) is 1.69. The molecule has 3 nitrogen and oxygen atoms in total. The van der Waals surface area contributed by atoms with Crippen molar-refractivity contribution in [1.82, 2.24) is 10.2 Å². The fourth-order valence-corrected chi connectivity index (χ4v) is 3.38. The van der Waals surface area contributed by atoms with Crippen LogP contribution in [0.2, 0.25) is 0 Å². The minimum atomic E-state index is -0.543. The molecule has 2 aliphatic heterocycles. The van der Waals surface area contributed by atoms with Gasteiger partial charge in [-0.3, -0.25) is 15.0 Å². The van der Waals surface area contributed by atoms with Crippen molar-refractivity contribution in [3.63, 3.8) is 0 Å². The van der Waals surface area contributed by atoms with Crippen LogP contribution in [0.5, 0.6) is 0 Å². The van der Waals surface area contributed by atoms with Gasteiger partial charge in [-0.25, -0.2) is 0 Å². The quantitative estimate of drug-likeness (QED) is 0.749. The molecular weight excluding hydrogens is 224 g/mol. The van der Waals surface area contributed by atoms with Gasteiger partial charge in [-0.2, -0.15) is 0 Å². The summed E-state index contributed by atoms with van der Waals surface area (Å²) in [5.74, 6) is 0.184. The molecule has 2 saturated heterocycles. The predicted molar refractivity (Wildman–Crippen MR) is 65.6 cm³/mol. The number of alkyl halides is 1. The smallest absolute Gasteiger partial charge is 0.182 e. The summed E-state index contributed by atoms with van der Waals surface area (Å²) < 4.78 is 0. The third-order valence-corrected chi connectivity index (χ3v) is 4.52. The Labute approximate surface area is 103 Å². The lowest BCUT2D eigenvalue weighted by molar-refractivity contribution is -0.137. The Morgan fingerprint density at radius 2 is 2.19 bits per heavy atom. The summed E-state index contributed by atoms with van der Waals surface area (Å²) in [4.78, 5) is 14.3. The number of nitrogens with one attached hydrogen (secondary N) is 1. The maximum Gasteiger partial charge on any atom is 0.182 e. The van der Waals surface area contributed by atoms with E-state index in [9.17, 15) is 4.79 Å². The van der Waals surface area contributed by atoms with E-state index in [0.717, 1.165) is 13.1 Å². The molecule has 2 unspecified atom stereocenters. The van der Waals surface area contributed by atoms with Gasteiger partial charge in [0.15, 0.2) is 5.78 Å². The van der Waals surface area contributed by atoms with Gasteiger partial charge < -0.3 is 0 Å². The van der Waals surface area contributed by atoms with Crippen LogP contribution < -0.4 is 5.32 Å². The summed E-state index contributed by atoms with van der Waals surface area (Å²) >= 11 is 5.72. The zero-order valence-corrected chi connectivity index (χ0v) is 11.1. The Balaban J connectivity index is 2.28. The Kier molecular flexibility index (Phi) is 3.06. The van der Waals surface area contributed by atoms with Crippen molar-refractivity contribution in [2.24, 2.45) is 5.41 Å². The van der Waals surface area contributed by atoms with E-state index in [-0.39, 0.29) is 17.1 Å². The largest absolute Gasteiger partial charge is 0.295 e. The van der Waals surface area contributed by atoms with E-state index >= 15 is 0 Å². The molecule has 2 fully saturated rings. The molecular formula is C12H21ClN2O. The van der Waals surface area contributed by atoms with Crippen LogP contribution >= 0.6 is 11.6 Å². The molecule has 0 amide bonds. The Morgan fingerprint density at radius 3 is 2.81 bits per heavy atom. The van der Waals surface area contributed by atoms with Crippen LogP contribution in [0.25, 0.3) is 0 Å². The van der Waals surface area contributed by atoms with E-state index in [1.54, 1.807) is 0 Å². The number of fused-ring (bicyclic) bond motifs is 1. The lowest BCUT2D eigenvalue weighted by Crippen LogP contribution is -2.72. The highest BCUT2D eigenvalue weighted by Crippen LogP contribution is 2.40. The summed E-state index contributed by atoms with van der Waals surface area (Å²) in [5.41, 5.74) is -0.305. The molecule has 0 radical (unpaired) electrons. The van der Waals surface area contributed by atoms with Gasteiger partial charge in [-0.1, -0.05) is 13.8 Å². The standard InChI is InChI=1S/C12H21ClN2O/c1-11(2)8-14-12(3,10(16)7-13)15-6-4-5-9(11)15/h9,14H,4-8H2,1-3H3. The van der Waals surface area contributed by atoms with Gasteiger partial charge in [-0.15, -0.1) is 11.6 Å². The zero-order valence-electron chi connectivity index (χ0n) is 10.3. The molecule has 0 aromatic rings. The number of halogens is 1. The average molecular weight is 245 g/mol. The third-order valence-electron chi connectivity index (χ3n) is 4.28. The molecule has 2 atom stereocenters. The minimum Gasteiger partial charge on any atom is -0.295 e. The second kappa shape index (κ2) is 3.97. The fourth-order valence-electron chi connectivity index (χ4n) is 3.12. The fraction of sp³-hybridized carbons (Fsp3) is 0.917. The first-order valence-corrected chi connectivity index (χ1v) is 6.56. The number of nitrogens with zero attached hydrogens (tertiary/aromatic N) is 1. The SMILES string of the molecule is CC1(C)CNC(C)(C(=O)CCl)N2CCCC21. The number of ketones is 1. The highest BCUT2D eigenvalue weighted by Gasteiger charge is 2.52. The molecule has 2 heterocycles. The van der Waals surface area contributed by atoms with Gasteiger partial charge in [0.1, 0.15) is 5.66 Å². The molecule has 0 aromatic carbocycles. The Bertz CT molecular complexity index is 305.